The molecule has 2 aliphatic heterocycles. The summed E-state index contributed by atoms with van der Waals surface area (Å²) in [6.45, 7) is 6.97. The molecule has 1 unspecified atom stereocenters. The van der Waals surface area contributed by atoms with Crippen LogP contribution in [0.25, 0.3) is 0 Å². The van der Waals surface area contributed by atoms with Crippen LogP contribution in [0.3, 0.4) is 0 Å². The summed E-state index contributed by atoms with van der Waals surface area (Å²) in [7, 11) is 0. The fraction of sp³-hybridized carbons (Fsp3) is 0.667. The Bertz CT molecular complexity index is 534. The first-order valence-electron chi connectivity index (χ1n) is 8.59. The van der Waals surface area contributed by atoms with Crippen LogP contribution < -0.4 is 0 Å². The highest BCUT2D eigenvalue weighted by molar-refractivity contribution is 5.94. The van der Waals surface area contributed by atoms with E-state index in [4.69, 9.17) is 9.47 Å². The van der Waals surface area contributed by atoms with Crippen LogP contribution in [0.1, 0.15) is 48.7 Å². The largest absolute Gasteiger partial charge is 0.378 e. The van der Waals surface area contributed by atoms with Gasteiger partial charge in [0.25, 0.3) is 5.91 Å². The molecule has 0 bridgehead atoms. The van der Waals surface area contributed by atoms with Crippen LogP contribution in [-0.2, 0) is 9.47 Å². The highest BCUT2D eigenvalue weighted by Crippen LogP contribution is 2.36. The Hall–Kier alpha value is -1.46. The van der Waals surface area contributed by atoms with Gasteiger partial charge in [0.15, 0.2) is 0 Å². The van der Waals surface area contributed by atoms with Crippen molar-refractivity contribution in [2.24, 2.45) is 0 Å². The Kier molecular flexibility index (Phi) is 4.97. The lowest BCUT2D eigenvalue weighted by Gasteiger charge is -2.46. The maximum atomic E-state index is 12.6. The Labute approximate surface area is 138 Å². The van der Waals surface area contributed by atoms with E-state index < -0.39 is 0 Å². The SMILES string of the molecule is CCOC1CCOC2(CCN(C(=O)c3ccc(C)nc3)CC2)C1. The number of ether oxygens (including phenoxy) is 2. The lowest BCUT2D eigenvalue weighted by molar-refractivity contribution is -0.151. The zero-order chi connectivity index (χ0) is 16.3. The number of pyridine rings is 1. The average Bonchev–Trinajstić information content (AvgIpc) is 2.56. The van der Waals surface area contributed by atoms with Gasteiger partial charge >= 0.3 is 0 Å². The number of carbonyl (C=O) groups is 1. The predicted molar refractivity (Wildman–Crippen MR) is 87.4 cm³/mol. The lowest BCUT2D eigenvalue weighted by Crippen LogP contribution is -2.52. The van der Waals surface area contributed by atoms with E-state index in [1.807, 2.05) is 30.9 Å². The van der Waals surface area contributed by atoms with Crippen molar-refractivity contribution in [1.29, 1.82) is 0 Å². The maximum absolute atomic E-state index is 12.6. The van der Waals surface area contributed by atoms with Gasteiger partial charge in [0.1, 0.15) is 0 Å². The Morgan fingerprint density at radius 3 is 2.87 bits per heavy atom. The van der Waals surface area contributed by atoms with Gasteiger partial charge in [-0.1, -0.05) is 0 Å². The number of aromatic nitrogens is 1. The Balaban J connectivity index is 1.59. The molecule has 23 heavy (non-hydrogen) atoms. The van der Waals surface area contributed by atoms with Crippen molar-refractivity contribution in [3.63, 3.8) is 0 Å². The fourth-order valence-electron chi connectivity index (χ4n) is 3.60. The molecule has 1 aromatic heterocycles. The summed E-state index contributed by atoms with van der Waals surface area (Å²) < 4.78 is 11.9. The van der Waals surface area contributed by atoms with Gasteiger partial charge in [0.05, 0.1) is 17.3 Å². The summed E-state index contributed by atoms with van der Waals surface area (Å²) in [6, 6.07) is 3.74. The molecule has 2 fully saturated rings. The first-order valence-corrected chi connectivity index (χ1v) is 8.59. The van der Waals surface area contributed by atoms with Crippen molar-refractivity contribution in [3.05, 3.63) is 29.6 Å². The van der Waals surface area contributed by atoms with E-state index in [0.29, 0.717) is 11.7 Å². The fourth-order valence-corrected chi connectivity index (χ4v) is 3.60. The van der Waals surface area contributed by atoms with E-state index in [9.17, 15) is 4.79 Å². The molecule has 0 N–H and O–H groups in total. The molecule has 3 rings (SSSR count). The van der Waals surface area contributed by atoms with Crippen LogP contribution in [0, 0.1) is 6.92 Å². The summed E-state index contributed by atoms with van der Waals surface area (Å²) in [5.41, 5.74) is 1.50. The third-order valence-corrected chi connectivity index (χ3v) is 4.97. The van der Waals surface area contributed by atoms with Crippen molar-refractivity contribution < 1.29 is 14.3 Å². The molecule has 3 heterocycles. The summed E-state index contributed by atoms with van der Waals surface area (Å²) in [5.74, 6) is 0.0736. The molecule has 2 aliphatic rings. The van der Waals surface area contributed by atoms with Crippen LogP contribution in [0.5, 0.6) is 0 Å². The zero-order valence-electron chi connectivity index (χ0n) is 14.1. The number of piperidine rings is 1. The molecule has 5 heteroatoms. The molecule has 1 amide bonds. The summed E-state index contributed by atoms with van der Waals surface area (Å²) in [6.07, 6.45) is 5.69. The maximum Gasteiger partial charge on any atom is 0.255 e. The average molecular weight is 318 g/mol. The molecule has 1 aromatic rings. The van der Waals surface area contributed by atoms with E-state index in [2.05, 4.69) is 4.98 Å². The first kappa shape index (κ1) is 16.4. The van der Waals surface area contributed by atoms with Crippen LogP contribution in [0.15, 0.2) is 18.3 Å². The van der Waals surface area contributed by atoms with Gasteiger partial charge in [-0.05, 0) is 45.2 Å². The number of nitrogens with zero attached hydrogens (tertiary/aromatic N) is 2. The molecule has 1 spiro atoms. The van der Waals surface area contributed by atoms with E-state index in [1.54, 1.807) is 6.20 Å². The van der Waals surface area contributed by atoms with Gasteiger partial charge in [-0.2, -0.15) is 0 Å². The van der Waals surface area contributed by atoms with Crippen molar-refractivity contribution in [2.45, 2.75) is 51.2 Å². The monoisotopic (exact) mass is 318 g/mol. The van der Waals surface area contributed by atoms with Crippen LogP contribution in [0.2, 0.25) is 0 Å². The first-order chi connectivity index (χ1) is 11.1. The van der Waals surface area contributed by atoms with Gasteiger partial charge in [-0.15, -0.1) is 0 Å². The molecule has 0 saturated carbocycles. The van der Waals surface area contributed by atoms with Crippen LogP contribution >= 0.6 is 0 Å². The Morgan fingerprint density at radius 2 is 2.22 bits per heavy atom. The van der Waals surface area contributed by atoms with E-state index in [-0.39, 0.29) is 11.5 Å². The number of aryl methyl sites for hydroxylation is 1. The second kappa shape index (κ2) is 6.97. The van der Waals surface area contributed by atoms with Gasteiger partial charge in [0.2, 0.25) is 0 Å². The van der Waals surface area contributed by atoms with Crippen molar-refractivity contribution >= 4 is 5.91 Å². The summed E-state index contributed by atoms with van der Waals surface area (Å²) >= 11 is 0. The van der Waals surface area contributed by atoms with E-state index in [1.165, 1.54) is 0 Å². The number of hydrogen-bond acceptors (Lipinski definition) is 4. The minimum Gasteiger partial charge on any atom is -0.378 e. The minimum atomic E-state index is -0.0968. The quantitative estimate of drug-likeness (QED) is 0.859. The zero-order valence-corrected chi connectivity index (χ0v) is 14.1. The van der Waals surface area contributed by atoms with Crippen molar-refractivity contribution in [3.8, 4) is 0 Å². The number of hydrogen-bond donors (Lipinski definition) is 0. The highest BCUT2D eigenvalue weighted by atomic mass is 16.5. The summed E-state index contributed by atoms with van der Waals surface area (Å²) in [5, 5.41) is 0. The van der Waals surface area contributed by atoms with Gasteiger partial charge < -0.3 is 14.4 Å². The topological polar surface area (TPSA) is 51.7 Å². The number of amides is 1. The second-order valence-corrected chi connectivity index (χ2v) is 6.58. The molecular formula is C18H26N2O3. The molecule has 0 radical (unpaired) electrons. The minimum absolute atomic E-state index is 0.0736. The smallest absolute Gasteiger partial charge is 0.255 e. The van der Waals surface area contributed by atoms with Gasteiger partial charge in [0, 0.05) is 44.6 Å². The molecular weight excluding hydrogens is 292 g/mol. The molecule has 1 atom stereocenters. The number of likely N-dealkylation sites (tertiary alicyclic amines) is 1. The van der Waals surface area contributed by atoms with Crippen molar-refractivity contribution in [1.82, 2.24) is 9.88 Å². The normalized spacial score (nSPS) is 23.9. The third kappa shape index (κ3) is 3.72. The second-order valence-electron chi connectivity index (χ2n) is 6.58. The predicted octanol–water partition coefficient (Wildman–Crippen LogP) is 2.58. The summed E-state index contributed by atoms with van der Waals surface area (Å²) in [4.78, 5) is 18.7. The number of rotatable bonds is 3. The van der Waals surface area contributed by atoms with Gasteiger partial charge in [-0.25, -0.2) is 0 Å². The molecule has 0 aliphatic carbocycles. The third-order valence-electron chi connectivity index (χ3n) is 4.97. The standard InChI is InChI=1S/C18H26N2O3/c1-3-22-16-6-11-23-18(12-16)7-9-20(10-8-18)17(21)15-5-4-14(2)19-13-15/h4-5,13,16H,3,6-12H2,1-2H3. The molecule has 0 aromatic carbocycles. The van der Waals surface area contributed by atoms with Crippen molar-refractivity contribution in [2.75, 3.05) is 26.3 Å². The Morgan fingerprint density at radius 1 is 1.43 bits per heavy atom. The molecule has 126 valence electrons. The van der Waals surface area contributed by atoms with Crippen LogP contribution in [-0.4, -0.2) is 53.8 Å². The lowest BCUT2D eigenvalue weighted by atomic mass is 9.83. The van der Waals surface area contributed by atoms with E-state index in [0.717, 1.165) is 57.7 Å². The highest BCUT2D eigenvalue weighted by Gasteiger charge is 2.41. The molecule has 2 saturated heterocycles. The molecule has 5 nitrogen and oxygen atoms in total. The van der Waals surface area contributed by atoms with Crippen LogP contribution in [0.4, 0.5) is 0 Å². The number of carbonyl (C=O) groups excluding carboxylic acids is 1. The van der Waals surface area contributed by atoms with Gasteiger partial charge in [-0.3, -0.25) is 9.78 Å². The van der Waals surface area contributed by atoms with E-state index >= 15 is 0 Å².